The molecule has 0 aliphatic rings. The highest BCUT2D eigenvalue weighted by molar-refractivity contribution is 9.10. The van der Waals surface area contributed by atoms with Crippen molar-refractivity contribution in [1.82, 2.24) is 0 Å². The van der Waals surface area contributed by atoms with Gasteiger partial charge in [-0.2, -0.15) is 0 Å². The number of hydrogen-bond donors (Lipinski definition) is 0. The number of unbranched alkanes of at least 4 members (excludes halogenated alkanes) is 2. The van der Waals surface area contributed by atoms with Crippen LogP contribution in [0.15, 0.2) is 22.8 Å². The van der Waals surface area contributed by atoms with Crippen molar-refractivity contribution in [2.24, 2.45) is 5.41 Å². The van der Waals surface area contributed by atoms with E-state index in [0.29, 0.717) is 25.9 Å². The summed E-state index contributed by atoms with van der Waals surface area (Å²) in [5.41, 5.74) is -0.825. The molecule has 34 heavy (non-hydrogen) atoms. The number of carbonyl (C=O) groups excluding carboxylic acids is 4. The molecule has 0 bridgehead atoms. The quantitative estimate of drug-likeness (QED) is 0.117. The number of ketones is 1. The normalized spacial score (nSPS) is 13.1. The molecule has 192 valence electrons. The Balaban J connectivity index is 2.14. The SMILES string of the molecule is CCOC(=O)C(C)(C)CC(C)(Br)C(=O)CCOC(=O)CCCCCOC(=O)CCc1ccco1. The average Bonchev–Trinajstić information content (AvgIpc) is 3.27. The Labute approximate surface area is 210 Å². The summed E-state index contributed by atoms with van der Waals surface area (Å²) in [6, 6.07) is 3.59. The molecule has 1 aromatic rings. The van der Waals surface area contributed by atoms with Gasteiger partial charge >= 0.3 is 17.9 Å². The molecule has 1 unspecified atom stereocenters. The second-order valence-corrected chi connectivity index (χ2v) is 10.7. The molecule has 9 heteroatoms. The smallest absolute Gasteiger partial charge is 0.311 e. The van der Waals surface area contributed by atoms with Crippen LogP contribution < -0.4 is 0 Å². The van der Waals surface area contributed by atoms with Gasteiger partial charge in [-0.3, -0.25) is 19.2 Å². The summed E-state index contributed by atoms with van der Waals surface area (Å²) in [6.07, 6.45) is 4.90. The standard InChI is InChI=1S/C25H37BrO8/c1-5-31-23(30)24(2,3)18-25(4,26)20(27)14-17-34-21(28)11-7-6-8-15-33-22(29)13-12-19-10-9-16-32-19/h9-10,16H,5-8,11-15,17-18H2,1-4H3. The second kappa shape index (κ2) is 15.0. The number of halogens is 1. The van der Waals surface area contributed by atoms with E-state index < -0.39 is 9.74 Å². The van der Waals surface area contributed by atoms with E-state index in [1.165, 1.54) is 0 Å². The number of furan rings is 1. The van der Waals surface area contributed by atoms with E-state index >= 15 is 0 Å². The Morgan fingerprint density at radius 2 is 1.59 bits per heavy atom. The predicted molar refractivity (Wildman–Crippen MR) is 129 cm³/mol. The summed E-state index contributed by atoms with van der Waals surface area (Å²) >= 11 is 3.43. The van der Waals surface area contributed by atoms with Crippen molar-refractivity contribution >= 4 is 39.6 Å². The van der Waals surface area contributed by atoms with Gasteiger partial charge in [0.2, 0.25) is 0 Å². The van der Waals surface area contributed by atoms with Gasteiger partial charge in [0.05, 0.1) is 42.2 Å². The molecule has 0 fully saturated rings. The summed E-state index contributed by atoms with van der Waals surface area (Å²) in [7, 11) is 0. The van der Waals surface area contributed by atoms with E-state index in [4.69, 9.17) is 18.6 Å². The van der Waals surface area contributed by atoms with E-state index in [0.717, 1.165) is 12.2 Å². The van der Waals surface area contributed by atoms with Gasteiger partial charge in [0, 0.05) is 19.3 Å². The zero-order valence-corrected chi connectivity index (χ0v) is 22.2. The van der Waals surface area contributed by atoms with Gasteiger partial charge in [-0.05, 0) is 65.5 Å². The molecule has 0 radical (unpaired) electrons. The first kappa shape index (κ1) is 29.9. The van der Waals surface area contributed by atoms with Crippen LogP contribution in [0, 0.1) is 5.41 Å². The molecule has 0 aliphatic carbocycles. The van der Waals surface area contributed by atoms with Crippen LogP contribution in [0.1, 0.15) is 78.4 Å². The number of Topliss-reactive ketones (excluding diaryl/α,β-unsaturated/α-hetero) is 1. The molecule has 0 saturated carbocycles. The molecule has 1 heterocycles. The van der Waals surface area contributed by atoms with Crippen LogP contribution in [-0.2, 0) is 39.8 Å². The Morgan fingerprint density at radius 3 is 2.24 bits per heavy atom. The van der Waals surface area contributed by atoms with E-state index in [2.05, 4.69) is 15.9 Å². The lowest BCUT2D eigenvalue weighted by Gasteiger charge is -2.30. The number of esters is 3. The molecular weight excluding hydrogens is 508 g/mol. The highest BCUT2D eigenvalue weighted by Crippen LogP contribution is 2.36. The second-order valence-electron chi connectivity index (χ2n) is 8.98. The van der Waals surface area contributed by atoms with Gasteiger partial charge < -0.3 is 18.6 Å². The van der Waals surface area contributed by atoms with E-state index in [1.54, 1.807) is 40.0 Å². The summed E-state index contributed by atoms with van der Waals surface area (Å²) in [5.74, 6) is -0.398. The van der Waals surface area contributed by atoms with Crippen LogP contribution in [0.2, 0.25) is 0 Å². The molecule has 0 aliphatic heterocycles. The summed E-state index contributed by atoms with van der Waals surface area (Å²) in [6.45, 7) is 7.50. The molecular formula is C25H37BrO8. The van der Waals surface area contributed by atoms with Crippen molar-refractivity contribution in [2.75, 3.05) is 19.8 Å². The van der Waals surface area contributed by atoms with Crippen molar-refractivity contribution in [3.63, 3.8) is 0 Å². The molecule has 8 nitrogen and oxygen atoms in total. The minimum Gasteiger partial charge on any atom is -0.469 e. The lowest BCUT2D eigenvalue weighted by molar-refractivity contribution is -0.154. The molecule has 1 rings (SSSR count). The van der Waals surface area contributed by atoms with Gasteiger partial charge in [0.15, 0.2) is 5.78 Å². The molecule has 0 aromatic carbocycles. The minimum absolute atomic E-state index is 0.00796. The fraction of sp³-hybridized carbons (Fsp3) is 0.680. The van der Waals surface area contributed by atoms with Crippen LogP contribution in [0.5, 0.6) is 0 Å². The third kappa shape index (κ3) is 11.8. The summed E-state index contributed by atoms with van der Waals surface area (Å²) in [4.78, 5) is 48.2. The van der Waals surface area contributed by atoms with Crippen molar-refractivity contribution in [1.29, 1.82) is 0 Å². The third-order valence-electron chi connectivity index (χ3n) is 5.22. The Bertz CT molecular complexity index is 783. The average molecular weight is 545 g/mol. The zero-order chi connectivity index (χ0) is 25.6. The Hall–Kier alpha value is -2.16. The first-order valence-corrected chi connectivity index (χ1v) is 12.5. The van der Waals surface area contributed by atoms with E-state index in [1.807, 2.05) is 6.07 Å². The molecule has 1 aromatic heterocycles. The number of ether oxygens (including phenoxy) is 3. The van der Waals surface area contributed by atoms with Gasteiger partial charge in [0.25, 0.3) is 0 Å². The number of aryl methyl sites for hydroxylation is 1. The monoisotopic (exact) mass is 544 g/mol. The number of rotatable bonds is 17. The number of carbonyl (C=O) groups is 4. The Morgan fingerprint density at radius 1 is 0.912 bits per heavy atom. The van der Waals surface area contributed by atoms with Crippen LogP contribution in [0.25, 0.3) is 0 Å². The van der Waals surface area contributed by atoms with Crippen LogP contribution in [0.3, 0.4) is 0 Å². The van der Waals surface area contributed by atoms with Crippen LogP contribution in [-0.4, -0.2) is 47.8 Å². The highest BCUT2D eigenvalue weighted by atomic mass is 79.9. The first-order valence-electron chi connectivity index (χ1n) is 11.7. The first-order chi connectivity index (χ1) is 16.0. The maximum Gasteiger partial charge on any atom is 0.311 e. The lowest BCUT2D eigenvalue weighted by atomic mass is 9.81. The molecule has 0 N–H and O–H groups in total. The predicted octanol–water partition coefficient (Wildman–Crippen LogP) is 4.95. The van der Waals surface area contributed by atoms with E-state index in [9.17, 15) is 19.2 Å². The van der Waals surface area contributed by atoms with Crippen molar-refractivity contribution in [3.8, 4) is 0 Å². The molecule has 0 amide bonds. The summed E-state index contributed by atoms with van der Waals surface area (Å²) < 4.78 is 19.7. The zero-order valence-electron chi connectivity index (χ0n) is 20.7. The molecule has 1 atom stereocenters. The third-order valence-corrected chi connectivity index (χ3v) is 5.94. The fourth-order valence-electron chi connectivity index (χ4n) is 3.40. The van der Waals surface area contributed by atoms with E-state index in [-0.39, 0.29) is 62.6 Å². The largest absolute Gasteiger partial charge is 0.469 e. The summed E-state index contributed by atoms with van der Waals surface area (Å²) in [5, 5.41) is 0. The Kier molecular flexibility index (Phi) is 13.1. The van der Waals surface area contributed by atoms with Crippen molar-refractivity contribution in [3.05, 3.63) is 24.2 Å². The van der Waals surface area contributed by atoms with Crippen LogP contribution >= 0.6 is 15.9 Å². The van der Waals surface area contributed by atoms with Crippen LogP contribution in [0.4, 0.5) is 0 Å². The lowest BCUT2D eigenvalue weighted by Crippen LogP contribution is -2.39. The van der Waals surface area contributed by atoms with Crippen molar-refractivity contribution in [2.45, 2.75) is 83.4 Å². The fourth-order valence-corrected chi connectivity index (χ4v) is 4.30. The van der Waals surface area contributed by atoms with Gasteiger partial charge in [-0.15, -0.1) is 0 Å². The number of alkyl halides is 1. The minimum atomic E-state index is -0.926. The molecule has 0 saturated heterocycles. The maximum atomic E-state index is 12.6. The van der Waals surface area contributed by atoms with Gasteiger partial charge in [-0.25, -0.2) is 0 Å². The topological polar surface area (TPSA) is 109 Å². The molecule has 0 spiro atoms. The van der Waals surface area contributed by atoms with Gasteiger partial charge in [-0.1, -0.05) is 15.9 Å². The van der Waals surface area contributed by atoms with Crippen molar-refractivity contribution < 1.29 is 37.8 Å². The number of hydrogen-bond acceptors (Lipinski definition) is 8. The maximum absolute atomic E-state index is 12.6. The van der Waals surface area contributed by atoms with Gasteiger partial charge in [0.1, 0.15) is 5.76 Å². The highest BCUT2D eigenvalue weighted by Gasteiger charge is 2.40.